The Bertz CT molecular complexity index is 581. The summed E-state index contributed by atoms with van der Waals surface area (Å²) in [6, 6.07) is 0.0467. The predicted molar refractivity (Wildman–Crippen MR) is 102 cm³/mol. The third kappa shape index (κ3) is 3.09. The lowest BCUT2D eigenvalue weighted by atomic mass is 9.81. The summed E-state index contributed by atoms with van der Waals surface area (Å²) >= 11 is 0. The molecule has 0 aromatic rings. The van der Waals surface area contributed by atoms with Crippen LogP contribution >= 0.6 is 0 Å². The van der Waals surface area contributed by atoms with Gasteiger partial charge in [0.2, 0.25) is 0 Å². The van der Waals surface area contributed by atoms with Gasteiger partial charge in [-0.15, -0.1) is 0 Å². The molecule has 2 rings (SSSR count). The first-order valence-electron chi connectivity index (χ1n) is 9.13. The van der Waals surface area contributed by atoms with Gasteiger partial charge in [0.1, 0.15) is 0 Å². The molecule has 2 amide bonds. The van der Waals surface area contributed by atoms with Crippen molar-refractivity contribution in [2.24, 2.45) is 5.92 Å². The molecule has 1 saturated carbocycles. The number of carbonyl (C=O) groups excluding carboxylic acids is 1. The van der Waals surface area contributed by atoms with E-state index in [1.807, 2.05) is 23.8 Å². The van der Waals surface area contributed by atoms with Crippen molar-refractivity contribution in [1.29, 1.82) is 0 Å². The SMILES string of the molecule is C=C(CN1C(=C)[C@@](C)(C2CCCC2)N(C)C1=O)C(/C=C\CC)=C/C. The third-order valence-corrected chi connectivity index (χ3v) is 5.88. The summed E-state index contributed by atoms with van der Waals surface area (Å²) in [5.41, 5.74) is 2.72. The molecular weight excluding hydrogens is 296 g/mol. The largest absolute Gasteiger partial charge is 0.325 e. The van der Waals surface area contributed by atoms with Gasteiger partial charge in [-0.3, -0.25) is 4.90 Å². The van der Waals surface area contributed by atoms with Crippen LogP contribution in [0, 0.1) is 5.92 Å². The molecule has 1 aliphatic carbocycles. The minimum Gasteiger partial charge on any atom is -0.316 e. The maximum Gasteiger partial charge on any atom is 0.325 e. The van der Waals surface area contributed by atoms with Gasteiger partial charge in [-0.1, -0.05) is 51.2 Å². The molecule has 132 valence electrons. The summed E-state index contributed by atoms with van der Waals surface area (Å²) < 4.78 is 0. The summed E-state index contributed by atoms with van der Waals surface area (Å²) in [6.07, 6.45) is 12.1. The number of nitrogens with zero attached hydrogens (tertiary/aromatic N) is 2. The Balaban J connectivity index is 2.19. The molecule has 3 heteroatoms. The summed E-state index contributed by atoms with van der Waals surface area (Å²) in [7, 11) is 1.92. The number of likely N-dealkylation sites (N-methyl/N-ethyl adjacent to an activating group) is 1. The highest BCUT2D eigenvalue weighted by molar-refractivity contribution is 5.82. The number of allylic oxidation sites excluding steroid dienone is 3. The van der Waals surface area contributed by atoms with Crippen LogP contribution < -0.4 is 0 Å². The molecule has 2 fully saturated rings. The Morgan fingerprint density at radius 2 is 2.00 bits per heavy atom. The third-order valence-electron chi connectivity index (χ3n) is 5.88. The van der Waals surface area contributed by atoms with Crippen molar-refractivity contribution >= 4 is 6.03 Å². The van der Waals surface area contributed by atoms with Crippen LogP contribution in [0.25, 0.3) is 0 Å². The van der Waals surface area contributed by atoms with Gasteiger partial charge in [0, 0.05) is 12.7 Å². The summed E-state index contributed by atoms with van der Waals surface area (Å²) in [5.74, 6) is 0.512. The van der Waals surface area contributed by atoms with Crippen molar-refractivity contribution in [3.8, 4) is 0 Å². The van der Waals surface area contributed by atoms with E-state index >= 15 is 0 Å². The molecule has 1 aliphatic heterocycles. The average Bonchev–Trinajstić information content (AvgIpc) is 3.16. The normalized spacial score (nSPS) is 26.2. The Kier molecular flexibility index (Phi) is 5.74. The fourth-order valence-corrected chi connectivity index (χ4v) is 4.07. The quantitative estimate of drug-likeness (QED) is 0.608. The molecule has 3 nitrogen and oxygen atoms in total. The summed E-state index contributed by atoms with van der Waals surface area (Å²) in [6.45, 7) is 15.3. The molecule has 0 aromatic heterocycles. The average molecular weight is 328 g/mol. The van der Waals surface area contributed by atoms with Crippen LogP contribution in [0.1, 0.15) is 52.9 Å². The van der Waals surface area contributed by atoms with Gasteiger partial charge in [0.25, 0.3) is 0 Å². The second-order valence-corrected chi connectivity index (χ2v) is 7.16. The minimum atomic E-state index is -0.261. The lowest BCUT2D eigenvalue weighted by Crippen LogP contribution is -2.46. The number of carbonyl (C=O) groups is 1. The van der Waals surface area contributed by atoms with Gasteiger partial charge in [0.15, 0.2) is 0 Å². The van der Waals surface area contributed by atoms with E-state index in [4.69, 9.17) is 0 Å². The molecule has 2 aliphatic rings. The maximum absolute atomic E-state index is 12.9. The van der Waals surface area contributed by atoms with E-state index in [2.05, 4.69) is 45.2 Å². The molecule has 0 unspecified atom stereocenters. The van der Waals surface area contributed by atoms with Crippen molar-refractivity contribution in [1.82, 2.24) is 9.80 Å². The Labute approximate surface area is 147 Å². The van der Waals surface area contributed by atoms with Gasteiger partial charge in [-0.25, -0.2) is 4.79 Å². The van der Waals surface area contributed by atoms with Crippen LogP contribution in [-0.4, -0.2) is 35.0 Å². The van der Waals surface area contributed by atoms with E-state index in [1.54, 1.807) is 0 Å². The number of amides is 2. The lowest BCUT2D eigenvalue weighted by Gasteiger charge is -2.37. The van der Waals surface area contributed by atoms with E-state index in [9.17, 15) is 4.79 Å². The van der Waals surface area contributed by atoms with Crippen molar-refractivity contribution in [2.75, 3.05) is 13.6 Å². The van der Waals surface area contributed by atoms with Gasteiger partial charge >= 0.3 is 6.03 Å². The van der Waals surface area contributed by atoms with Crippen LogP contribution in [0.2, 0.25) is 0 Å². The fraction of sp³-hybridized carbons (Fsp3) is 0.571. The molecule has 24 heavy (non-hydrogen) atoms. The first kappa shape index (κ1) is 18.6. The first-order chi connectivity index (χ1) is 11.4. The molecule has 0 spiro atoms. The Morgan fingerprint density at radius 1 is 1.38 bits per heavy atom. The van der Waals surface area contributed by atoms with Crippen molar-refractivity contribution < 1.29 is 4.79 Å². The molecule has 0 N–H and O–H groups in total. The van der Waals surface area contributed by atoms with Crippen LogP contribution in [0.3, 0.4) is 0 Å². The zero-order valence-electron chi connectivity index (χ0n) is 15.8. The Morgan fingerprint density at radius 3 is 2.54 bits per heavy atom. The standard InChI is InChI=1S/C21H32N2O/c1-7-9-12-18(8-2)16(3)15-23-17(4)21(5,22(6)20(23)24)19-13-10-11-14-19/h8-9,12,19H,3-4,7,10-11,13-15H2,1-2,5-6H3/b12-9-,18-8+/t21-/m0/s1. The molecule has 1 heterocycles. The molecule has 1 saturated heterocycles. The summed E-state index contributed by atoms with van der Waals surface area (Å²) in [4.78, 5) is 16.6. The van der Waals surface area contributed by atoms with Crippen molar-refractivity contribution in [3.05, 3.63) is 48.2 Å². The number of urea groups is 1. The second-order valence-electron chi connectivity index (χ2n) is 7.16. The zero-order valence-corrected chi connectivity index (χ0v) is 15.8. The highest BCUT2D eigenvalue weighted by Gasteiger charge is 2.52. The second kappa shape index (κ2) is 7.42. The minimum absolute atomic E-state index is 0.0467. The highest BCUT2D eigenvalue weighted by atomic mass is 16.2. The van der Waals surface area contributed by atoms with E-state index in [0.29, 0.717) is 12.5 Å². The monoisotopic (exact) mass is 328 g/mol. The van der Waals surface area contributed by atoms with Gasteiger partial charge in [-0.05, 0) is 50.2 Å². The van der Waals surface area contributed by atoms with E-state index < -0.39 is 0 Å². The van der Waals surface area contributed by atoms with Gasteiger partial charge in [-0.2, -0.15) is 0 Å². The number of hydrogen-bond donors (Lipinski definition) is 0. The molecule has 0 aromatic carbocycles. The predicted octanol–water partition coefficient (Wildman–Crippen LogP) is 5.29. The van der Waals surface area contributed by atoms with Gasteiger partial charge < -0.3 is 4.90 Å². The zero-order chi connectivity index (χ0) is 17.9. The molecule has 0 bridgehead atoms. The van der Waals surface area contributed by atoms with Crippen molar-refractivity contribution in [2.45, 2.75) is 58.4 Å². The van der Waals surface area contributed by atoms with Crippen LogP contribution in [0.4, 0.5) is 4.79 Å². The van der Waals surface area contributed by atoms with E-state index in [0.717, 1.165) is 23.3 Å². The number of hydrogen-bond acceptors (Lipinski definition) is 1. The van der Waals surface area contributed by atoms with Gasteiger partial charge in [0.05, 0.1) is 12.1 Å². The number of rotatable bonds is 6. The van der Waals surface area contributed by atoms with Crippen LogP contribution in [-0.2, 0) is 0 Å². The van der Waals surface area contributed by atoms with Crippen molar-refractivity contribution in [3.63, 3.8) is 0 Å². The Hall–Kier alpha value is -1.77. The smallest absolute Gasteiger partial charge is 0.316 e. The topological polar surface area (TPSA) is 23.6 Å². The maximum atomic E-state index is 12.9. The lowest BCUT2D eigenvalue weighted by molar-refractivity contribution is 0.153. The molecular formula is C21H32N2O. The van der Waals surface area contributed by atoms with Crippen LogP contribution in [0.5, 0.6) is 0 Å². The highest BCUT2D eigenvalue weighted by Crippen LogP contribution is 2.46. The summed E-state index contributed by atoms with van der Waals surface area (Å²) in [5, 5.41) is 0. The molecule has 0 radical (unpaired) electrons. The van der Waals surface area contributed by atoms with Crippen LogP contribution in [0.15, 0.2) is 48.2 Å². The fourth-order valence-electron chi connectivity index (χ4n) is 4.07. The van der Waals surface area contributed by atoms with E-state index in [1.165, 1.54) is 25.7 Å². The first-order valence-corrected chi connectivity index (χ1v) is 9.13. The molecule has 1 atom stereocenters. The van der Waals surface area contributed by atoms with E-state index in [-0.39, 0.29) is 11.6 Å².